The fourth-order valence-electron chi connectivity index (χ4n) is 2.37. The molecule has 4 heteroatoms. The molecule has 2 rings (SSSR count). The Morgan fingerprint density at radius 1 is 1.32 bits per heavy atom. The molecule has 3 nitrogen and oxygen atoms in total. The summed E-state index contributed by atoms with van der Waals surface area (Å²) in [6.45, 7) is 0.711. The second-order valence-electron chi connectivity index (χ2n) is 5.14. The minimum Gasteiger partial charge on any atom is -0.389 e. The topological polar surface area (TPSA) is 41.5 Å². The summed E-state index contributed by atoms with van der Waals surface area (Å²) < 4.78 is 18.6. The van der Waals surface area contributed by atoms with Crippen molar-refractivity contribution in [3.05, 3.63) is 30.1 Å². The Bertz CT molecular complexity index is 380. The van der Waals surface area contributed by atoms with E-state index >= 15 is 0 Å². The van der Waals surface area contributed by atoms with Gasteiger partial charge in [0, 0.05) is 12.2 Å². The number of hydrogen-bond acceptors (Lipinski definition) is 3. The van der Waals surface area contributed by atoms with Gasteiger partial charge < -0.3 is 15.2 Å². The molecular formula is C15H22FNO2. The number of halogens is 1. The third kappa shape index (κ3) is 5.17. The lowest BCUT2D eigenvalue weighted by Crippen LogP contribution is -2.28. The highest BCUT2D eigenvalue weighted by atomic mass is 19.1. The molecule has 0 bridgehead atoms. The van der Waals surface area contributed by atoms with E-state index in [4.69, 9.17) is 4.74 Å². The van der Waals surface area contributed by atoms with Crippen molar-refractivity contribution in [3.63, 3.8) is 0 Å². The largest absolute Gasteiger partial charge is 0.389 e. The Labute approximate surface area is 113 Å². The predicted molar refractivity (Wildman–Crippen MR) is 73.7 cm³/mol. The van der Waals surface area contributed by atoms with Gasteiger partial charge >= 0.3 is 0 Å². The molecule has 0 aromatic heterocycles. The van der Waals surface area contributed by atoms with E-state index in [1.807, 2.05) is 0 Å². The van der Waals surface area contributed by atoms with Crippen molar-refractivity contribution >= 4 is 5.69 Å². The number of anilines is 1. The molecule has 1 aromatic carbocycles. The van der Waals surface area contributed by atoms with Crippen LogP contribution in [0.25, 0.3) is 0 Å². The van der Waals surface area contributed by atoms with Gasteiger partial charge in [-0.25, -0.2) is 4.39 Å². The number of ether oxygens (including phenoxy) is 1. The van der Waals surface area contributed by atoms with Gasteiger partial charge in [-0.1, -0.05) is 25.3 Å². The van der Waals surface area contributed by atoms with Gasteiger partial charge in [-0.3, -0.25) is 0 Å². The fraction of sp³-hybridized carbons (Fsp3) is 0.600. The van der Waals surface area contributed by atoms with Crippen molar-refractivity contribution in [1.82, 2.24) is 0 Å². The van der Waals surface area contributed by atoms with Crippen LogP contribution in [0.5, 0.6) is 0 Å². The Morgan fingerprint density at radius 3 is 2.84 bits per heavy atom. The van der Waals surface area contributed by atoms with Gasteiger partial charge in [0.15, 0.2) is 0 Å². The molecule has 1 fully saturated rings. The number of rotatable bonds is 6. The molecule has 0 saturated heterocycles. The van der Waals surface area contributed by atoms with Crippen molar-refractivity contribution in [2.24, 2.45) is 0 Å². The number of nitrogens with one attached hydrogen (secondary N) is 1. The van der Waals surface area contributed by atoms with E-state index in [0.29, 0.717) is 24.9 Å². The lowest BCUT2D eigenvalue weighted by atomic mass is 9.98. The molecule has 0 spiro atoms. The highest BCUT2D eigenvalue weighted by Crippen LogP contribution is 2.20. The Hall–Kier alpha value is -1.13. The highest BCUT2D eigenvalue weighted by Gasteiger charge is 2.15. The Kier molecular flexibility index (Phi) is 5.61. The van der Waals surface area contributed by atoms with Crippen molar-refractivity contribution in [3.8, 4) is 0 Å². The van der Waals surface area contributed by atoms with Gasteiger partial charge in [0.05, 0.1) is 18.8 Å². The summed E-state index contributed by atoms with van der Waals surface area (Å²) in [5.41, 5.74) is 0.678. The summed E-state index contributed by atoms with van der Waals surface area (Å²) in [4.78, 5) is 0. The first-order chi connectivity index (χ1) is 9.24. The van der Waals surface area contributed by atoms with Crippen LogP contribution in [0.15, 0.2) is 24.3 Å². The van der Waals surface area contributed by atoms with E-state index in [1.165, 1.54) is 31.4 Å². The molecule has 0 radical (unpaired) electrons. The number of aliphatic hydroxyl groups is 1. The summed E-state index contributed by atoms with van der Waals surface area (Å²) in [5, 5.41) is 12.8. The molecule has 1 saturated carbocycles. The maximum absolute atomic E-state index is 13.0. The standard InChI is InChI=1S/C15H22FNO2/c16-12-5-4-6-13(9-12)17-10-14(18)11-19-15-7-2-1-3-8-15/h4-6,9,14-15,17-18H,1-3,7-8,10-11H2. The van der Waals surface area contributed by atoms with Crippen LogP contribution in [-0.4, -0.2) is 30.5 Å². The second-order valence-corrected chi connectivity index (χ2v) is 5.14. The first kappa shape index (κ1) is 14.3. The smallest absolute Gasteiger partial charge is 0.125 e. The molecule has 1 unspecified atom stereocenters. The van der Waals surface area contributed by atoms with E-state index in [9.17, 15) is 9.50 Å². The molecule has 0 amide bonds. The van der Waals surface area contributed by atoms with Gasteiger partial charge in [-0.15, -0.1) is 0 Å². The minimum atomic E-state index is -0.565. The number of benzene rings is 1. The van der Waals surface area contributed by atoms with Crippen LogP contribution >= 0.6 is 0 Å². The maximum atomic E-state index is 13.0. The lowest BCUT2D eigenvalue weighted by Gasteiger charge is -2.23. The summed E-state index contributed by atoms with van der Waals surface area (Å²) in [5.74, 6) is -0.280. The minimum absolute atomic E-state index is 0.280. The number of aliphatic hydroxyl groups excluding tert-OH is 1. The zero-order valence-corrected chi connectivity index (χ0v) is 11.1. The van der Waals surface area contributed by atoms with Gasteiger partial charge in [0.25, 0.3) is 0 Å². The van der Waals surface area contributed by atoms with Crippen molar-refractivity contribution in [2.75, 3.05) is 18.5 Å². The monoisotopic (exact) mass is 267 g/mol. The van der Waals surface area contributed by atoms with Crippen LogP contribution < -0.4 is 5.32 Å². The molecule has 1 aromatic rings. The molecule has 1 atom stereocenters. The summed E-state index contributed by atoms with van der Waals surface area (Å²) in [6.07, 6.45) is 5.69. The van der Waals surface area contributed by atoms with E-state index < -0.39 is 6.10 Å². The second kappa shape index (κ2) is 7.46. The molecule has 1 aliphatic carbocycles. The summed E-state index contributed by atoms with van der Waals surface area (Å²) >= 11 is 0. The molecule has 2 N–H and O–H groups in total. The highest BCUT2D eigenvalue weighted by molar-refractivity contribution is 5.43. The first-order valence-corrected chi connectivity index (χ1v) is 7.03. The van der Waals surface area contributed by atoms with Crippen LogP contribution in [0.4, 0.5) is 10.1 Å². The zero-order chi connectivity index (χ0) is 13.5. The third-order valence-corrected chi connectivity index (χ3v) is 3.44. The van der Waals surface area contributed by atoms with Crippen molar-refractivity contribution in [1.29, 1.82) is 0 Å². The first-order valence-electron chi connectivity index (χ1n) is 7.03. The van der Waals surface area contributed by atoms with Gasteiger partial charge in [-0.05, 0) is 31.0 Å². The van der Waals surface area contributed by atoms with Crippen LogP contribution in [0, 0.1) is 5.82 Å². The molecule has 0 heterocycles. The summed E-state index contributed by atoms with van der Waals surface area (Å²) in [6, 6.07) is 6.23. The SMILES string of the molecule is OC(CNc1cccc(F)c1)COC1CCCCC1. The van der Waals surface area contributed by atoms with Gasteiger partial charge in [0.1, 0.15) is 5.82 Å². The van der Waals surface area contributed by atoms with Gasteiger partial charge in [0.2, 0.25) is 0 Å². The normalized spacial score (nSPS) is 18.2. The Balaban J connectivity index is 1.65. The maximum Gasteiger partial charge on any atom is 0.125 e. The summed E-state index contributed by atoms with van der Waals surface area (Å²) in [7, 11) is 0. The van der Waals surface area contributed by atoms with E-state index in [0.717, 1.165) is 12.8 Å². The van der Waals surface area contributed by atoms with Crippen LogP contribution in [0.3, 0.4) is 0 Å². The van der Waals surface area contributed by atoms with Crippen molar-refractivity contribution < 1.29 is 14.2 Å². The van der Waals surface area contributed by atoms with Crippen molar-refractivity contribution in [2.45, 2.75) is 44.3 Å². The zero-order valence-electron chi connectivity index (χ0n) is 11.1. The van der Waals surface area contributed by atoms with Gasteiger partial charge in [-0.2, -0.15) is 0 Å². The third-order valence-electron chi connectivity index (χ3n) is 3.44. The van der Waals surface area contributed by atoms with E-state index in [1.54, 1.807) is 12.1 Å². The average molecular weight is 267 g/mol. The van der Waals surface area contributed by atoms with E-state index in [-0.39, 0.29) is 5.82 Å². The van der Waals surface area contributed by atoms with Crippen LogP contribution in [0.2, 0.25) is 0 Å². The molecule has 1 aliphatic rings. The fourth-order valence-corrected chi connectivity index (χ4v) is 2.37. The predicted octanol–water partition coefficient (Wildman–Crippen LogP) is 2.95. The molecule has 0 aliphatic heterocycles. The van der Waals surface area contributed by atoms with Crippen LogP contribution in [0.1, 0.15) is 32.1 Å². The molecule has 19 heavy (non-hydrogen) atoms. The van der Waals surface area contributed by atoms with E-state index in [2.05, 4.69) is 5.32 Å². The molecule has 106 valence electrons. The quantitative estimate of drug-likeness (QED) is 0.832. The lowest BCUT2D eigenvalue weighted by molar-refractivity contribution is -0.0195. The van der Waals surface area contributed by atoms with Crippen LogP contribution in [-0.2, 0) is 4.74 Å². The average Bonchev–Trinajstić information content (AvgIpc) is 2.44. The molecular weight excluding hydrogens is 245 g/mol. The Morgan fingerprint density at radius 2 is 2.11 bits per heavy atom. The number of hydrogen-bond donors (Lipinski definition) is 2.